The molecule has 1 amide bonds. The first-order valence-electron chi connectivity index (χ1n) is 12.0. The van der Waals surface area contributed by atoms with Crippen molar-refractivity contribution in [3.8, 4) is 11.5 Å². The van der Waals surface area contributed by atoms with E-state index in [0.717, 1.165) is 12.0 Å². The smallest absolute Gasteiger partial charge is 0.243 e. The Kier molecular flexibility index (Phi) is 7.48. The van der Waals surface area contributed by atoms with Crippen molar-refractivity contribution in [2.45, 2.75) is 51.0 Å². The van der Waals surface area contributed by atoms with Gasteiger partial charge in [-0.05, 0) is 55.4 Å². The highest BCUT2D eigenvalue weighted by atomic mass is 32.2. The third-order valence-corrected chi connectivity index (χ3v) is 8.35. The van der Waals surface area contributed by atoms with E-state index < -0.39 is 10.0 Å². The minimum absolute atomic E-state index is 0.0184. The van der Waals surface area contributed by atoms with Crippen molar-refractivity contribution in [1.29, 1.82) is 0 Å². The molecular weight excluding hydrogens is 452 g/mol. The molecule has 0 aromatic heterocycles. The van der Waals surface area contributed by atoms with Crippen LogP contribution in [0, 0.1) is 11.8 Å². The van der Waals surface area contributed by atoms with E-state index in [0.29, 0.717) is 56.6 Å². The maximum atomic E-state index is 13.1. The van der Waals surface area contributed by atoms with E-state index in [2.05, 4.69) is 43.4 Å². The summed E-state index contributed by atoms with van der Waals surface area (Å²) in [6.07, 6.45) is 2.03. The Hall–Kier alpha value is -2.58. The Morgan fingerprint density at radius 1 is 1.00 bits per heavy atom. The van der Waals surface area contributed by atoms with Crippen LogP contribution < -0.4 is 14.8 Å². The van der Waals surface area contributed by atoms with Crippen LogP contribution in [0.3, 0.4) is 0 Å². The first-order chi connectivity index (χ1) is 16.2. The topological polar surface area (TPSA) is 84.9 Å². The summed E-state index contributed by atoms with van der Waals surface area (Å²) in [4.78, 5) is 13.1. The molecule has 4 rings (SSSR count). The zero-order valence-corrected chi connectivity index (χ0v) is 20.9. The number of nitrogens with one attached hydrogen (secondary N) is 1. The molecule has 1 N–H and O–H groups in total. The maximum absolute atomic E-state index is 13.1. The van der Waals surface area contributed by atoms with E-state index in [4.69, 9.17) is 9.47 Å². The van der Waals surface area contributed by atoms with Gasteiger partial charge in [0.1, 0.15) is 13.2 Å². The number of hydrogen-bond acceptors (Lipinski definition) is 5. The molecule has 2 aliphatic rings. The number of amides is 1. The van der Waals surface area contributed by atoms with Crippen LogP contribution in [0.15, 0.2) is 47.4 Å². The fraction of sp³-hybridized carbons (Fsp3) is 0.500. The normalized spacial score (nSPS) is 18.0. The van der Waals surface area contributed by atoms with Crippen LogP contribution in [-0.2, 0) is 21.2 Å². The predicted octanol–water partition coefficient (Wildman–Crippen LogP) is 3.93. The lowest BCUT2D eigenvalue weighted by atomic mass is 9.96. The third-order valence-electron chi connectivity index (χ3n) is 6.46. The number of sulfonamides is 1. The van der Waals surface area contributed by atoms with Gasteiger partial charge in [-0.15, -0.1) is 0 Å². The number of carbonyl (C=O) groups is 1. The summed E-state index contributed by atoms with van der Waals surface area (Å²) in [6, 6.07) is 13.0. The van der Waals surface area contributed by atoms with Crippen molar-refractivity contribution in [2.75, 3.05) is 26.3 Å². The lowest BCUT2D eigenvalue weighted by Crippen LogP contribution is -2.43. The number of ether oxygens (including phenoxy) is 2. The van der Waals surface area contributed by atoms with Gasteiger partial charge in [-0.2, -0.15) is 4.31 Å². The molecule has 1 atom stereocenters. The molecule has 2 aromatic carbocycles. The van der Waals surface area contributed by atoms with Crippen molar-refractivity contribution >= 4 is 15.9 Å². The van der Waals surface area contributed by atoms with E-state index in [9.17, 15) is 13.2 Å². The van der Waals surface area contributed by atoms with Crippen LogP contribution in [0.25, 0.3) is 0 Å². The Morgan fingerprint density at radius 3 is 2.29 bits per heavy atom. The molecule has 34 heavy (non-hydrogen) atoms. The van der Waals surface area contributed by atoms with E-state index in [1.807, 2.05) is 6.92 Å². The summed E-state index contributed by atoms with van der Waals surface area (Å²) in [5, 5.41) is 3.11. The van der Waals surface area contributed by atoms with Crippen LogP contribution >= 0.6 is 0 Å². The molecule has 1 fully saturated rings. The fourth-order valence-electron chi connectivity index (χ4n) is 4.52. The summed E-state index contributed by atoms with van der Waals surface area (Å²) in [5.74, 6) is 1.40. The highest BCUT2D eigenvalue weighted by Crippen LogP contribution is 2.34. The second kappa shape index (κ2) is 10.4. The van der Waals surface area contributed by atoms with Gasteiger partial charge in [0.05, 0.1) is 10.9 Å². The third kappa shape index (κ3) is 5.55. The van der Waals surface area contributed by atoms with E-state index in [1.54, 1.807) is 12.1 Å². The number of piperidine rings is 1. The van der Waals surface area contributed by atoms with Crippen LogP contribution in [0.4, 0.5) is 0 Å². The molecule has 0 radical (unpaired) electrons. The van der Waals surface area contributed by atoms with Gasteiger partial charge in [0.2, 0.25) is 15.9 Å². The van der Waals surface area contributed by atoms with Gasteiger partial charge in [0, 0.05) is 25.1 Å². The van der Waals surface area contributed by atoms with Gasteiger partial charge in [0.15, 0.2) is 11.5 Å². The predicted molar refractivity (Wildman–Crippen MR) is 130 cm³/mol. The van der Waals surface area contributed by atoms with Crippen molar-refractivity contribution in [3.63, 3.8) is 0 Å². The molecule has 0 saturated carbocycles. The molecule has 184 valence electrons. The Bertz CT molecular complexity index is 1110. The molecule has 7 nitrogen and oxygen atoms in total. The summed E-state index contributed by atoms with van der Waals surface area (Å²) in [5.41, 5.74) is 2.36. The van der Waals surface area contributed by atoms with Gasteiger partial charge in [-0.3, -0.25) is 4.79 Å². The molecule has 0 spiro atoms. The number of carbonyl (C=O) groups excluding carboxylic acids is 1. The van der Waals surface area contributed by atoms with Gasteiger partial charge in [-0.1, -0.05) is 38.1 Å². The standard InChI is InChI=1S/C26H34N2O5S/c1-18(2)16-20-4-6-21(7-5-20)19(3)27-26(29)22-10-12-28(13-11-22)34(30,31)23-8-9-24-25(17-23)33-15-14-32-24/h4-9,17-19,22H,10-16H2,1-3H3,(H,27,29). The molecular formula is C26H34N2O5S. The molecule has 1 saturated heterocycles. The monoisotopic (exact) mass is 486 g/mol. The van der Waals surface area contributed by atoms with E-state index in [1.165, 1.54) is 15.9 Å². The minimum Gasteiger partial charge on any atom is -0.486 e. The molecule has 2 aliphatic heterocycles. The highest BCUT2D eigenvalue weighted by molar-refractivity contribution is 7.89. The Labute approximate surface area is 202 Å². The average molecular weight is 487 g/mol. The second-order valence-corrected chi connectivity index (χ2v) is 11.5. The molecule has 0 aliphatic carbocycles. The van der Waals surface area contributed by atoms with Gasteiger partial charge < -0.3 is 14.8 Å². The van der Waals surface area contributed by atoms with Crippen molar-refractivity contribution in [2.24, 2.45) is 11.8 Å². The summed E-state index contributed by atoms with van der Waals surface area (Å²) in [6.45, 7) is 7.86. The zero-order valence-electron chi connectivity index (χ0n) is 20.1. The number of fused-ring (bicyclic) bond motifs is 1. The zero-order chi connectivity index (χ0) is 24.3. The summed E-state index contributed by atoms with van der Waals surface area (Å²) >= 11 is 0. The number of nitrogens with zero attached hydrogens (tertiary/aromatic N) is 1. The molecule has 2 aromatic rings. The number of rotatable bonds is 7. The van der Waals surface area contributed by atoms with Crippen molar-refractivity contribution in [1.82, 2.24) is 9.62 Å². The SMILES string of the molecule is CC(C)Cc1ccc(C(C)NC(=O)C2CCN(S(=O)(=O)c3ccc4c(c3)OCCO4)CC2)cc1. The molecule has 8 heteroatoms. The molecule has 1 unspecified atom stereocenters. The first kappa shape index (κ1) is 24.5. The van der Waals surface area contributed by atoms with Crippen LogP contribution in [-0.4, -0.2) is 44.9 Å². The van der Waals surface area contributed by atoms with Gasteiger partial charge in [0.25, 0.3) is 0 Å². The highest BCUT2D eigenvalue weighted by Gasteiger charge is 2.33. The average Bonchev–Trinajstić information content (AvgIpc) is 2.83. The van der Waals surface area contributed by atoms with Gasteiger partial charge >= 0.3 is 0 Å². The fourth-order valence-corrected chi connectivity index (χ4v) is 6.01. The van der Waals surface area contributed by atoms with Crippen LogP contribution in [0.2, 0.25) is 0 Å². The lowest BCUT2D eigenvalue weighted by molar-refractivity contribution is -0.126. The van der Waals surface area contributed by atoms with E-state index >= 15 is 0 Å². The first-order valence-corrected chi connectivity index (χ1v) is 13.5. The number of hydrogen-bond donors (Lipinski definition) is 1. The van der Waals surface area contributed by atoms with Crippen molar-refractivity contribution in [3.05, 3.63) is 53.6 Å². The number of benzene rings is 2. The minimum atomic E-state index is -3.66. The second-order valence-electron chi connectivity index (χ2n) is 9.55. The van der Waals surface area contributed by atoms with E-state index in [-0.39, 0.29) is 22.8 Å². The van der Waals surface area contributed by atoms with Crippen LogP contribution in [0.5, 0.6) is 11.5 Å². The van der Waals surface area contributed by atoms with Gasteiger partial charge in [-0.25, -0.2) is 8.42 Å². The largest absolute Gasteiger partial charge is 0.486 e. The van der Waals surface area contributed by atoms with Crippen molar-refractivity contribution < 1.29 is 22.7 Å². The molecule has 2 heterocycles. The summed E-state index contributed by atoms with van der Waals surface area (Å²) in [7, 11) is -3.66. The summed E-state index contributed by atoms with van der Waals surface area (Å²) < 4.78 is 38.7. The Morgan fingerprint density at radius 2 is 1.65 bits per heavy atom. The lowest BCUT2D eigenvalue weighted by Gasteiger charge is -2.31. The quantitative estimate of drug-likeness (QED) is 0.641. The van der Waals surface area contributed by atoms with Crippen LogP contribution in [0.1, 0.15) is 50.8 Å². The molecule has 0 bridgehead atoms. The maximum Gasteiger partial charge on any atom is 0.243 e. The Balaban J connectivity index is 1.32.